The fourth-order valence-electron chi connectivity index (χ4n) is 3.50. The third-order valence-corrected chi connectivity index (χ3v) is 6.54. The van der Waals surface area contributed by atoms with Crippen LogP contribution in [0.3, 0.4) is 0 Å². The number of likely N-dealkylation sites (N-methyl/N-ethyl adjacent to an activating group) is 1. The summed E-state index contributed by atoms with van der Waals surface area (Å²) in [5.74, 6) is -0.551. The molecule has 0 saturated carbocycles. The second-order valence-corrected chi connectivity index (χ2v) is 7.87. The van der Waals surface area contributed by atoms with Crippen molar-refractivity contribution in [3.8, 4) is 6.07 Å². The van der Waals surface area contributed by atoms with E-state index < -0.39 is 16.9 Å². The zero-order chi connectivity index (χ0) is 19.4. The summed E-state index contributed by atoms with van der Waals surface area (Å²) in [7, 11) is 1.56. The largest absolute Gasteiger partial charge is 0.454 e. The van der Waals surface area contributed by atoms with Crippen LogP contribution in [0.2, 0.25) is 0 Å². The van der Waals surface area contributed by atoms with Gasteiger partial charge in [-0.3, -0.25) is 9.59 Å². The van der Waals surface area contributed by atoms with Crippen LogP contribution in [0.15, 0.2) is 30.3 Å². The van der Waals surface area contributed by atoms with Crippen LogP contribution in [0.4, 0.5) is 0 Å². The maximum atomic E-state index is 12.6. The van der Waals surface area contributed by atoms with Crippen LogP contribution in [0.5, 0.6) is 0 Å². The molecule has 0 aliphatic carbocycles. The van der Waals surface area contributed by atoms with Gasteiger partial charge in [-0.25, -0.2) is 4.79 Å². The molecule has 2 aliphatic heterocycles. The Hall–Kier alpha value is -2.53. The van der Waals surface area contributed by atoms with Gasteiger partial charge in [0.15, 0.2) is 6.61 Å². The van der Waals surface area contributed by atoms with Crippen molar-refractivity contribution >= 4 is 29.5 Å². The van der Waals surface area contributed by atoms with Crippen molar-refractivity contribution in [2.45, 2.75) is 30.2 Å². The van der Waals surface area contributed by atoms with Gasteiger partial charge < -0.3 is 14.5 Å². The monoisotopic (exact) mass is 387 g/mol. The van der Waals surface area contributed by atoms with Gasteiger partial charge in [0.2, 0.25) is 5.91 Å². The van der Waals surface area contributed by atoms with Crippen LogP contribution in [0.1, 0.15) is 24.8 Å². The normalized spacial score (nSPS) is 23.6. The average Bonchev–Trinajstić information content (AvgIpc) is 3.24. The molecular formula is C19H21N3O4S. The molecule has 0 radical (unpaired) electrons. The van der Waals surface area contributed by atoms with E-state index in [1.807, 2.05) is 36.4 Å². The molecule has 1 aromatic carbocycles. The summed E-state index contributed by atoms with van der Waals surface area (Å²) in [6.07, 6.45) is 1.26. The molecule has 8 heteroatoms. The van der Waals surface area contributed by atoms with Gasteiger partial charge in [-0.15, -0.1) is 11.8 Å². The molecule has 2 heterocycles. The van der Waals surface area contributed by atoms with Gasteiger partial charge in [0.1, 0.15) is 10.9 Å². The Balaban J connectivity index is 1.67. The lowest BCUT2D eigenvalue weighted by atomic mass is 10.0. The number of hydrogen-bond donors (Lipinski definition) is 0. The van der Waals surface area contributed by atoms with E-state index in [4.69, 9.17) is 10.00 Å². The standard InChI is InChI=1S/C19H21N3O4S/c1-21(11-5-10-20)17(24)12-26-18(25)15-13-27-19(9-8-16(23)22(15)19)14-6-3-2-4-7-14/h2-4,6-7,15H,5,8-9,11-13H2,1H3/t15-,19+/m1/s1. The molecule has 2 atom stereocenters. The number of benzene rings is 1. The van der Waals surface area contributed by atoms with Crippen molar-refractivity contribution in [2.24, 2.45) is 0 Å². The molecule has 2 fully saturated rings. The number of hydrogen-bond acceptors (Lipinski definition) is 6. The number of rotatable bonds is 6. The SMILES string of the molecule is CN(CCC#N)C(=O)COC(=O)[C@H]1CS[C@]2(c3ccccc3)CCC(=O)N12. The van der Waals surface area contributed by atoms with E-state index in [0.717, 1.165) is 5.56 Å². The van der Waals surface area contributed by atoms with E-state index in [1.54, 1.807) is 23.7 Å². The van der Waals surface area contributed by atoms with Crippen LogP contribution >= 0.6 is 11.8 Å². The maximum Gasteiger partial charge on any atom is 0.330 e. The van der Waals surface area contributed by atoms with Gasteiger partial charge in [-0.1, -0.05) is 30.3 Å². The first-order valence-corrected chi connectivity index (χ1v) is 9.77. The number of ether oxygens (including phenoxy) is 1. The highest BCUT2D eigenvalue weighted by Crippen LogP contribution is 2.54. The minimum Gasteiger partial charge on any atom is -0.454 e. The summed E-state index contributed by atoms with van der Waals surface area (Å²) in [4.78, 5) is 39.6. The van der Waals surface area contributed by atoms with Crippen molar-refractivity contribution in [3.05, 3.63) is 35.9 Å². The smallest absolute Gasteiger partial charge is 0.330 e. The lowest BCUT2D eigenvalue weighted by molar-refractivity contribution is -0.158. The Morgan fingerprint density at radius 2 is 2.15 bits per heavy atom. The Labute approximate surface area is 162 Å². The molecule has 0 spiro atoms. The second-order valence-electron chi connectivity index (χ2n) is 6.57. The number of nitriles is 1. The van der Waals surface area contributed by atoms with Crippen LogP contribution in [-0.4, -0.2) is 59.6 Å². The summed E-state index contributed by atoms with van der Waals surface area (Å²) in [6, 6.07) is 11.0. The maximum absolute atomic E-state index is 12.6. The lowest BCUT2D eigenvalue weighted by Gasteiger charge is -2.33. The molecule has 2 saturated heterocycles. The zero-order valence-corrected chi connectivity index (χ0v) is 15.9. The highest BCUT2D eigenvalue weighted by atomic mass is 32.2. The predicted octanol–water partition coefficient (Wildman–Crippen LogP) is 1.49. The first-order chi connectivity index (χ1) is 13.0. The molecule has 27 heavy (non-hydrogen) atoms. The summed E-state index contributed by atoms with van der Waals surface area (Å²) in [5.41, 5.74) is 1.00. The third kappa shape index (κ3) is 3.65. The first kappa shape index (κ1) is 19.2. The van der Waals surface area contributed by atoms with Gasteiger partial charge in [0, 0.05) is 25.8 Å². The predicted molar refractivity (Wildman–Crippen MR) is 99.3 cm³/mol. The molecule has 142 valence electrons. The number of amides is 2. The highest BCUT2D eigenvalue weighted by Gasteiger charge is 2.57. The Morgan fingerprint density at radius 1 is 1.41 bits per heavy atom. The van der Waals surface area contributed by atoms with Gasteiger partial charge in [-0.05, 0) is 12.0 Å². The summed E-state index contributed by atoms with van der Waals surface area (Å²) in [6.45, 7) is -0.101. The molecule has 3 rings (SSSR count). The minimum atomic E-state index is -0.692. The second kappa shape index (κ2) is 8.01. The summed E-state index contributed by atoms with van der Waals surface area (Å²) >= 11 is 1.58. The number of carbonyl (C=O) groups is 3. The molecule has 0 N–H and O–H groups in total. The Kier molecular flexibility index (Phi) is 5.71. The molecule has 7 nitrogen and oxygen atoms in total. The number of thioether (sulfide) groups is 1. The van der Waals surface area contributed by atoms with Gasteiger partial charge in [0.25, 0.3) is 5.91 Å². The quantitative estimate of drug-likeness (QED) is 0.687. The zero-order valence-electron chi connectivity index (χ0n) is 15.1. The van der Waals surface area contributed by atoms with E-state index in [1.165, 1.54) is 4.90 Å². The molecule has 1 aromatic rings. The number of fused-ring (bicyclic) bond motifs is 1. The van der Waals surface area contributed by atoms with Crippen molar-refractivity contribution < 1.29 is 19.1 Å². The van der Waals surface area contributed by atoms with E-state index in [-0.39, 0.29) is 31.4 Å². The van der Waals surface area contributed by atoms with E-state index >= 15 is 0 Å². The number of esters is 1. The van der Waals surface area contributed by atoms with Gasteiger partial charge in [-0.2, -0.15) is 5.26 Å². The fourth-order valence-corrected chi connectivity index (χ4v) is 5.13. The number of carbonyl (C=O) groups excluding carboxylic acids is 3. The lowest BCUT2D eigenvalue weighted by Crippen LogP contribution is -2.47. The fraction of sp³-hybridized carbons (Fsp3) is 0.474. The van der Waals surface area contributed by atoms with Crippen molar-refractivity contribution in [1.29, 1.82) is 5.26 Å². The molecule has 0 bridgehead atoms. The van der Waals surface area contributed by atoms with E-state index in [0.29, 0.717) is 18.6 Å². The molecule has 0 unspecified atom stereocenters. The molecule has 2 amide bonds. The molecular weight excluding hydrogens is 366 g/mol. The van der Waals surface area contributed by atoms with Crippen molar-refractivity contribution in [2.75, 3.05) is 26.0 Å². The first-order valence-electron chi connectivity index (χ1n) is 8.79. The van der Waals surface area contributed by atoms with E-state index in [2.05, 4.69) is 0 Å². The van der Waals surface area contributed by atoms with Crippen LogP contribution in [0.25, 0.3) is 0 Å². The Bertz CT molecular complexity index is 779. The average molecular weight is 387 g/mol. The van der Waals surface area contributed by atoms with Crippen LogP contribution in [0, 0.1) is 11.3 Å². The minimum absolute atomic E-state index is 0.0664. The number of nitrogens with zero attached hydrogens (tertiary/aromatic N) is 3. The van der Waals surface area contributed by atoms with Crippen molar-refractivity contribution in [3.63, 3.8) is 0 Å². The molecule has 2 aliphatic rings. The molecule has 0 aromatic heterocycles. The van der Waals surface area contributed by atoms with Crippen LogP contribution in [-0.2, 0) is 24.0 Å². The summed E-state index contributed by atoms with van der Waals surface area (Å²) < 4.78 is 5.21. The van der Waals surface area contributed by atoms with E-state index in [9.17, 15) is 14.4 Å². The third-order valence-electron chi connectivity index (χ3n) is 4.95. The Morgan fingerprint density at radius 3 is 2.85 bits per heavy atom. The van der Waals surface area contributed by atoms with Crippen molar-refractivity contribution in [1.82, 2.24) is 9.80 Å². The van der Waals surface area contributed by atoms with Crippen LogP contribution < -0.4 is 0 Å². The van der Waals surface area contributed by atoms with Gasteiger partial charge >= 0.3 is 5.97 Å². The highest BCUT2D eigenvalue weighted by molar-refractivity contribution is 8.00. The topological polar surface area (TPSA) is 90.7 Å². The van der Waals surface area contributed by atoms with Gasteiger partial charge in [0.05, 0.1) is 12.5 Å². The summed E-state index contributed by atoms with van der Waals surface area (Å²) in [5, 5.41) is 8.58.